The Bertz CT molecular complexity index is 790. The van der Waals surface area contributed by atoms with Crippen molar-refractivity contribution in [2.45, 2.75) is 13.8 Å². The van der Waals surface area contributed by atoms with Crippen LogP contribution in [0.5, 0.6) is 5.75 Å². The SMILES string of the molecule is COc1ccc(C)cc1-c1nc2c(C)cccn2c1N. The highest BCUT2D eigenvalue weighted by atomic mass is 16.5. The zero-order valence-electron chi connectivity index (χ0n) is 11.8. The Morgan fingerprint density at radius 1 is 1.20 bits per heavy atom. The van der Waals surface area contributed by atoms with Crippen molar-refractivity contribution in [1.82, 2.24) is 9.38 Å². The van der Waals surface area contributed by atoms with Gasteiger partial charge in [-0.05, 0) is 37.6 Å². The van der Waals surface area contributed by atoms with Crippen LogP contribution in [0, 0.1) is 13.8 Å². The molecule has 0 spiro atoms. The number of anilines is 1. The highest BCUT2D eigenvalue weighted by Crippen LogP contribution is 2.34. The number of benzene rings is 1. The number of imidazole rings is 1. The molecule has 0 saturated carbocycles. The van der Waals surface area contributed by atoms with Gasteiger partial charge in [0.2, 0.25) is 0 Å². The van der Waals surface area contributed by atoms with E-state index in [9.17, 15) is 0 Å². The third-order valence-corrected chi connectivity index (χ3v) is 3.49. The molecule has 2 N–H and O–H groups in total. The van der Waals surface area contributed by atoms with E-state index >= 15 is 0 Å². The molecule has 0 fully saturated rings. The highest BCUT2D eigenvalue weighted by molar-refractivity contribution is 5.80. The molecule has 0 unspecified atom stereocenters. The molecule has 0 amide bonds. The van der Waals surface area contributed by atoms with E-state index in [2.05, 4.69) is 4.98 Å². The maximum absolute atomic E-state index is 6.26. The summed E-state index contributed by atoms with van der Waals surface area (Å²) in [5.41, 5.74) is 11.1. The summed E-state index contributed by atoms with van der Waals surface area (Å²) in [6.45, 7) is 4.07. The topological polar surface area (TPSA) is 52.5 Å². The smallest absolute Gasteiger partial charge is 0.142 e. The minimum absolute atomic E-state index is 0.632. The van der Waals surface area contributed by atoms with Gasteiger partial charge >= 0.3 is 0 Å². The van der Waals surface area contributed by atoms with Crippen molar-refractivity contribution in [3.05, 3.63) is 47.7 Å². The molecule has 3 rings (SSSR count). The molecule has 0 aliphatic rings. The molecular formula is C16H17N3O. The summed E-state index contributed by atoms with van der Waals surface area (Å²) in [6.07, 6.45) is 1.93. The fraction of sp³-hybridized carbons (Fsp3) is 0.188. The van der Waals surface area contributed by atoms with Gasteiger partial charge in [-0.1, -0.05) is 17.7 Å². The third kappa shape index (κ3) is 1.81. The third-order valence-electron chi connectivity index (χ3n) is 3.49. The number of hydrogen-bond donors (Lipinski definition) is 1. The Balaban J connectivity index is 2.33. The van der Waals surface area contributed by atoms with Crippen LogP contribution < -0.4 is 10.5 Å². The second kappa shape index (κ2) is 4.56. The number of rotatable bonds is 2. The Morgan fingerprint density at radius 3 is 2.70 bits per heavy atom. The lowest BCUT2D eigenvalue weighted by Crippen LogP contribution is -1.95. The standard InChI is InChI=1S/C16H17N3O/c1-10-6-7-13(20-3)12(9-10)14-15(17)19-8-4-5-11(2)16(19)18-14/h4-9H,17H2,1-3H3. The number of pyridine rings is 1. The maximum atomic E-state index is 6.26. The van der Waals surface area contributed by atoms with Crippen molar-refractivity contribution in [1.29, 1.82) is 0 Å². The van der Waals surface area contributed by atoms with Crippen LogP contribution in [0.2, 0.25) is 0 Å². The van der Waals surface area contributed by atoms with Crippen LogP contribution in [0.1, 0.15) is 11.1 Å². The van der Waals surface area contributed by atoms with Gasteiger partial charge in [-0.15, -0.1) is 0 Å². The monoisotopic (exact) mass is 267 g/mol. The normalized spacial score (nSPS) is 10.9. The minimum Gasteiger partial charge on any atom is -0.496 e. The summed E-state index contributed by atoms with van der Waals surface area (Å²) in [5, 5.41) is 0. The summed E-state index contributed by atoms with van der Waals surface area (Å²) < 4.78 is 7.34. The number of nitrogens with two attached hydrogens (primary N) is 1. The molecule has 0 aliphatic heterocycles. The maximum Gasteiger partial charge on any atom is 0.142 e. The molecule has 4 nitrogen and oxygen atoms in total. The van der Waals surface area contributed by atoms with Crippen molar-refractivity contribution in [3.63, 3.8) is 0 Å². The van der Waals surface area contributed by atoms with Gasteiger partial charge in [0.05, 0.1) is 7.11 Å². The van der Waals surface area contributed by atoms with E-state index in [-0.39, 0.29) is 0 Å². The van der Waals surface area contributed by atoms with E-state index in [1.807, 2.05) is 54.8 Å². The Hall–Kier alpha value is -2.49. The molecule has 2 aromatic heterocycles. The number of nitrogens with zero attached hydrogens (tertiary/aromatic N) is 2. The Morgan fingerprint density at radius 2 is 2.00 bits per heavy atom. The number of nitrogen functional groups attached to an aromatic ring is 1. The zero-order chi connectivity index (χ0) is 14.3. The molecule has 0 saturated heterocycles. The zero-order valence-corrected chi connectivity index (χ0v) is 11.8. The molecule has 3 aromatic rings. The van der Waals surface area contributed by atoms with Crippen LogP contribution in [0.4, 0.5) is 5.82 Å². The number of hydrogen-bond acceptors (Lipinski definition) is 3. The van der Waals surface area contributed by atoms with E-state index in [1.165, 1.54) is 0 Å². The second-order valence-corrected chi connectivity index (χ2v) is 4.93. The average molecular weight is 267 g/mol. The molecule has 0 atom stereocenters. The highest BCUT2D eigenvalue weighted by Gasteiger charge is 2.16. The Labute approximate surface area is 117 Å². The van der Waals surface area contributed by atoms with Gasteiger partial charge < -0.3 is 10.5 Å². The lowest BCUT2D eigenvalue weighted by atomic mass is 10.1. The van der Waals surface area contributed by atoms with Gasteiger partial charge in [-0.3, -0.25) is 4.40 Å². The molecule has 102 valence electrons. The second-order valence-electron chi connectivity index (χ2n) is 4.93. The summed E-state index contributed by atoms with van der Waals surface area (Å²) in [7, 11) is 1.66. The van der Waals surface area contributed by atoms with E-state index in [0.29, 0.717) is 5.82 Å². The van der Waals surface area contributed by atoms with E-state index < -0.39 is 0 Å². The van der Waals surface area contributed by atoms with E-state index in [1.54, 1.807) is 7.11 Å². The van der Waals surface area contributed by atoms with E-state index in [4.69, 9.17) is 10.5 Å². The quantitative estimate of drug-likeness (QED) is 0.775. The Kier molecular flexibility index (Phi) is 2.86. The van der Waals surface area contributed by atoms with E-state index in [0.717, 1.165) is 33.8 Å². The summed E-state index contributed by atoms with van der Waals surface area (Å²) in [5.74, 6) is 1.41. The van der Waals surface area contributed by atoms with Crippen molar-refractivity contribution in [2.75, 3.05) is 12.8 Å². The fourth-order valence-electron chi connectivity index (χ4n) is 2.43. The van der Waals surface area contributed by atoms with Gasteiger partial charge in [0, 0.05) is 11.8 Å². The first kappa shape index (κ1) is 12.5. The van der Waals surface area contributed by atoms with Crippen LogP contribution in [-0.4, -0.2) is 16.5 Å². The number of aromatic nitrogens is 2. The van der Waals surface area contributed by atoms with Gasteiger partial charge in [0.25, 0.3) is 0 Å². The molecule has 4 heteroatoms. The number of fused-ring (bicyclic) bond motifs is 1. The molecule has 0 aliphatic carbocycles. The van der Waals surface area contributed by atoms with Crippen LogP contribution >= 0.6 is 0 Å². The summed E-state index contributed by atoms with van der Waals surface area (Å²) in [4.78, 5) is 4.69. The van der Waals surface area contributed by atoms with Gasteiger partial charge in [-0.25, -0.2) is 4.98 Å². The van der Waals surface area contributed by atoms with Crippen molar-refractivity contribution >= 4 is 11.5 Å². The van der Waals surface area contributed by atoms with Crippen molar-refractivity contribution in [2.24, 2.45) is 0 Å². The van der Waals surface area contributed by atoms with Gasteiger partial charge in [0.15, 0.2) is 0 Å². The van der Waals surface area contributed by atoms with Crippen molar-refractivity contribution < 1.29 is 4.74 Å². The van der Waals surface area contributed by atoms with Crippen LogP contribution in [0.3, 0.4) is 0 Å². The largest absolute Gasteiger partial charge is 0.496 e. The molecule has 1 aromatic carbocycles. The molecule has 0 radical (unpaired) electrons. The average Bonchev–Trinajstić information content (AvgIpc) is 2.78. The molecular weight excluding hydrogens is 250 g/mol. The molecule has 2 heterocycles. The first-order valence-corrected chi connectivity index (χ1v) is 6.50. The fourth-order valence-corrected chi connectivity index (χ4v) is 2.43. The van der Waals surface area contributed by atoms with Crippen LogP contribution in [0.25, 0.3) is 16.9 Å². The van der Waals surface area contributed by atoms with Crippen LogP contribution in [-0.2, 0) is 0 Å². The van der Waals surface area contributed by atoms with Crippen LogP contribution in [0.15, 0.2) is 36.5 Å². The van der Waals surface area contributed by atoms with Gasteiger partial charge in [-0.2, -0.15) is 0 Å². The van der Waals surface area contributed by atoms with Crippen molar-refractivity contribution in [3.8, 4) is 17.0 Å². The number of ether oxygens (including phenoxy) is 1. The molecule has 20 heavy (non-hydrogen) atoms. The first-order chi connectivity index (χ1) is 9.61. The number of aryl methyl sites for hydroxylation is 2. The lowest BCUT2D eigenvalue weighted by molar-refractivity contribution is 0.416. The van der Waals surface area contributed by atoms with Gasteiger partial charge in [0.1, 0.15) is 22.9 Å². The lowest BCUT2D eigenvalue weighted by Gasteiger charge is -2.08. The minimum atomic E-state index is 0.632. The predicted molar refractivity (Wildman–Crippen MR) is 81.1 cm³/mol. The number of methoxy groups -OCH3 is 1. The summed E-state index contributed by atoms with van der Waals surface area (Å²) >= 11 is 0. The first-order valence-electron chi connectivity index (χ1n) is 6.50. The molecule has 0 bridgehead atoms. The predicted octanol–water partition coefficient (Wildman–Crippen LogP) is 3.21. The summed E-state index contributed by atoms with van der Waals surface area (Å²) in [6, 6.07) is 10.0.